The van der Waals surface area contributed by atoms with Crippen LogP contribution in [0.1, 0.15) is 57.4 Å². The highest BCUT2D eigenvalue weighted by Gasteiger charge is 2.27. The van der Waals surface area contributed by atoms with E-state index in [0.29, 0.717) is 18.4 Å². The van der Waals surface area contributed by atoms with Gasteiger partial charge < -0.3 is 11.1 Å². The summed E-state index contributed by atoms with van der Waals surface area (Å²) in [5.41, 5.74) is 7.18. The Labute approximate surface area is 125 Å². The third-order valence-corrected chi connectivity index (χ3v) is 3.68. The van der Waals surface area contributed by atoms with Gasteiger partial charge in [0, 0.05) is 12.1 Å². The van der Waals surface area contributed by atoms with E-state index in [1.54, 1.807) is 6.92 Å². The lowest BCUT2D eigenvalue weighted by atomic mass is 9.96. The van der Waals surface area contributed by atoms with Gasteiger partial charge in [0.25, 0.3) is 5.56 Å². The van der Waals surface area contributed by atoms with Crippen LogP contribution in [0.4, 0.5) is 0 Å². The Bertz CT molecular complexity index is 549. The zero-order valence-corrected chi connectivity index (χ0v) is 13.4. The van der Waals surface area contributed by atoms with Crippen LogP contribution in [-0.4, -0.2) is 21.6 Å². The molecule has 1 amide bonds. The third-order valence-electron chi connectivity index (χ3n) is 3.68. The molecule has 1 aromatic heterocycles. The van der Waals surface area contributed by atoms with Gasteiger partial charge in [0.05, 0.1) is 11.2 Å². The fourth-order valence-electron chi connectivity index (χ4n) is 2.46. The molecule has 1 unspecified atom stereocenters. The molecule has 0 aliphatic heterocycles. The van der Waals surface area contributed by atoms with Crippen LogP contribution in [0.15, 0.2) is 4.79 Å². The topological polar surface area (TPSA) is 101 Å². The molecule has 0 radical (unpaired) electrons. The number of rotatable bonds is 7. The maximum atomic E-state index is 12.1. The molecule has 1 atom stereocenters. The highest BCUT2D eigenvalue weighted by Crippen LogP contribution is 2.12. The van der Waals surface area contributed by atoms with Crippen LogP contribution < -0.4 is 16.6 Å². The maximum absolute atomic E-state index is 12.1. The Hall–Kier alpha value is -1.69. The predicted molar refractivity (Wildman–Crippen MR) is 83.0 cm³/mol. The van der Waals surface area contributed by atoms with Crippen molar-refractivity contribution >= 4 is 5.91 Å². The van der Waals surface area contributed by atoms with E-state index in [0.717, 1.165) is 24.1 Å². The minimum atomic E-state index is -0.908. The SMILES string of the molecule is CCCC(C)(N)C(=O)NCc1c(CC)c(CC)n[nH]c1=O. The molecule has 0 aliphatic carbocycles. The van der Waals surface area contributed by atoms with Crippen molar-refractivity contribution in [2.75, 3.05) is 0 Å². The monoisotopic (exact) mass is 294 g/mol. The first-order chi connectivity index (χ1) is 9.87. The normalized spacial score (nSPS) is 13.8. The van der Waals surface area contributed by atoms with Crippen molar-refractivity contribution in [3.05, 3.63) is 27.2 Å². The van der Waals surface area contributed by atoms with E-state index in [2.05, 4.69) is 15.5 Å². The lowest BCUT2D eigenvalue weighted by Crippen LogP contribution is -2.51. The molecule has 0 bridgehead atoms. The first-order valence-electron chi connectivity index (χ1n) is 7.53. The third kappa shape index (κ3) is 4.14. The number of aromatic nitrogens is 2. The molecule has 6 heteroatoms. The molecule has 1 heterocycles. The molecule has 21 heavy (non-hydrogen) atoms. The quantitative estimate of drug-likeness (QED) is 0.699. The first kappa shape index (κ1) is 17.4. The Balaban J connectivity index is 2.94. The van der Waals surface area contributed by atoms with Crippen LogP contribution in [-0.2, 0) is 24.2 Å². The van der Waals surface area contributed by atoms with Gasteiger partial charge in [-0.05, 0) is 31.7 Å². The molecule has 118 valence electrons. The Morgan fingerprint density at radius 3 is 2.48 bits per heavy atom. The average molecular weight is 294 g/mol. The predicted octanol–water partition coefficient (Wildman–Crippen LogP) is 1.03. The van der Waals surface area contributed by atoms with Gasteiger partial charge in [0.2, 0.25) is 5.91 Å². The van der Waals surface area contributed by atoms with Gasteiger partial charge in [0.1, 0.15) is 0 Å². The van der Waals surface area contributed by atoms with Crippen molar-refractivity contribution in [1.29, 1.82) is 0 Å². The van der Waals surface area contributed by atoms with Crippen molar-refractivity contribution in [3.63, 3.8) is 0 Å². The van der Waals surface area contributed by atoms with Crippen LogP contribution in [0.3, 0.4) is 0 Å². The molecule has 0 saturated heterocycles. The lowest BCUT2D eigenvalue weighted by molar-refractivity contribution is -0.126. The van der Waals surface area contributed by atoms with Crippen molar-refractivity contribution in [3.8, 4) is 0 Å². The summed E-state index contributed by atoms with van der Waals surface area (Å²) in [6.45, 7) is 7.84. The number of amides is 1. The Morgan fingerprint density at radius 1 is 1.29 bits per heavy atom. The number of aromatic amines is 1. The molecule has 0 fully saturated rings. The molecule has 4 N–H and O–H groups in total. The second-order valence-corrected chi connectivity index (χ2v) is 5.51. The minimum Gasteiger partial charge on any atom is -0.350 e. The lowest BCUT2D eigenvalue weighted by Gasteiger charge is -2.23. The number of H-pyrrole nitrogens is 1. The largest absolute Gasteiger partial charge is 0.350 e. The summed E-state index contributed by atoms with van der Waals surface area (Å²) in [5, 5.41) is 9.33. The summed E-state index contributed by atoms with van der Waals surface area (Å²) in [4.78, 5) is 24.1. The average Bonchev–Trinajstić information content (AvgIpc) is 2.45. The molecular formula is C15H26N4O2. The van der Waals surface area contributed by atoms with E-state index >= 15 is 0 Å². The number of carbonyl (C=O) groups is 1. The highest BCUT2D eigenvalue weighted by molar-refractivity contribution is 5.85. The summed E-state index contributed by atoms with van der Waals surface area (Å²) in [6.07, 6.45) is 2.88. The Kier molecular flexibility index (Phi) is 6.08. The molecule has 0 saturated carbocycles. The number of nitrogens with one attached hydrogen (secondary N) is 2. The van der Waals surface area contributed by atoms with Crippen molar-refractivity contribution < 1.29 is 4.79 Å². The molecule has 0 aliphatic rings. The Morgan fingerprint density at radius 2 is 1.95 bits per heavy atom. The standard InChI is InChI=1S/C15H26N4O2/c1-5-8-15(4,16)14(21)17-9-11-10(6-2)12(7-3)18-19-13(11)20/h5-9,16H2,1-4H3,(H,17,21)(H,19,20). The van der Waals surface area contributed by atoms with Gasteiger partial charge in [-0.3, -0.25) is 9.59 Å². The van der Waals surface area contributed by atoms with E-state index in [1.165, 1.54) is 0 Å². The second kappa shape index (κ2) is 7.36. The summed E-state index contributed by atoms with van der Waals surface area (Å²) >= 11 is 0. The van der Waals surface area contributed by atoms with E-state index in [-0.39, 0.29) is 18.0 Å². The fraction of sp³-hybridized carbons (Fsp3) is 0.667. The van der Waals surface area contributed by atoms with Crippen molar-refractivity contribution in [1.82, 2.24) is 15.5 Å². The van der Waals surface area contributed by atoms with Gasteiger partial charge in [-0.25, -0.2) is 5.10 Å². The van der Waals surface area contributed by atoms with Gasteiger partial charge in [-0.2, -0.15) is 5.10 Å². The zero-order chi connectivity index (χ0) is 16.0. The van der Waals surface area contributed by atoms with Crippen molar-refractivity contribution in [2.24, 2.45) is 5.73 Å². The number of hydrogen-bond donors (Lipinski definition) is 3. The van der Waals surface area contributed by atoms with Crippen LogP contribution >= 0.6 is 0 Å². The van der Waals surface area contributed by atoms with Crippen LogP contribution in [0.5, 0.6) is 0 Å². The van der Waals surface area contributed by atoms with Crippen LogP contribution in [0, 0.1) is 0 Å². The highest BCUT2D eigenvalue weighted by atomic mass is 16.2. The molecule has 0 aromatic carbocycles. The number of carbonyl (C=O) groups excluding carboxylic acids is 1. The fourth-order valence-corrected chi connectivity index (χ4v) is 2.46. The van der Waals surface area contributed by atoms with Gasteiger partial charge >= 0.3 is 0 Å². The van der Waals surface area contributed by atoms with Crippen LogP contribution in [0.25, 0.3) is 0 Å². The van der Waals surface area contributed by atoms with Gasteiger partial charge in [-0.15, -0.1) is 0 Å². The number of nitrogens with zero attached hydrogens (tertiary/aromatic N) is 1. The first-order valence-corrected chi connectivity index (χ1v) is 7.53. The summed E-state index contributed by atoms with van der Waals surface area (Å²) in [7, 11) is 0. The number of aryl methyl sites for hydroxylation is 1. The van der Waals surface area contributed by atoms with E-state index in [4.69, 9.17) is 5.73 Å². The summed E-state index contributed by atoms with van der Waals surface area (Å²) in [6, 6.07) is 0. The van der Waals surface area contributed by atoms with Crippen molar-refractivity contribution in [2.45, 2.75) is 65.5 Å². The zero-order valence-electron chi connectivity index (χ0n) is 13.4. The van der Waals surface area contributed by atoms with Crippen LogP contribution in [0.2, 0.25) is 0 Å². The molecule has 1 aromatic rings. The van der Waals surface area contributed by atoms with E-state index < -0.39 is 5.54 Å². The molecule has 6 nitrogen and oxygen atoms in total. The number of nitrogens with two attached hydrogens (primary N) is 1. The molecular weight excluding hydrogens is 268 g/mol. The van der Waals surface area contributed by atoms with E-state index in [9.17, 15) is 9.59 Å². The molecule has 0 spiro atoms. The maximum Gasteiger partial charge on any atom is 0.269 e. The smallest absolute Gasteiger partial charge is 0.269 e. The molecule has 1 rings (SSSR count). The van der Waals surface area contributed by atoms with Gasteiger partial charge in [-0.1, -0.05) is 27.2 Å². The number of hydrogen-bond acceptors (Lipinski definition) is 4. The van der Waals surface area contributed by atoms with Gasteiger partial charge in [0.15, 0.2) is 0 Å². The summed E-state index contributed by atoms with van der Waals surface area (Å²) < 4.78 is 0. The summed E-state index contributed by atoms with van der Waals surface area (Å²) in [5.74, 6) is -0.235. The minimum absolute atomic E-state index is 0.184. The second-order valence-electron chi connectivity index (χ2n) is 5.51. The van der Waals surface area contributed by atoms with E-state index in [1.807, 2.05) is 20.8 Å².